The Labute approximate surface area is 126 Å². The fourth-order valence-electron chi connectivity index (χ4n) is 2.12. The van der Waals surface area contributed by atoms with Gasteiger partial charge in [-0.15, -0.1) is 0 Å². The monoisotopic (exact) mass is 286 g/mol. The average Bonchev–Trinajstić information content (AvgIpc) is 2.38. The van der Waals surface area contributed by atoms with Crippen molar-refractivity contribution in [2.45, 2.75) is 77.3 Å². The van der Waals surface area contributed by atoms with Crippen LogP contribution in [0.4, 0.5) is 0 Å². The summed E-state index contributed by atoms with van der Waals surface area (Å²) in [6.45, 7) is 8.53. The van der Waals surface area contributed by atoms with Gasteiger partial charge in [0.2, 0.25) is 0 Å². The zero-order chi connectivity index (χ0) is 15.1. The highest BCUT2D eigenvalue weighted by molar-refractivity contribution is 4.57. The molecule has 0 aromatic rings. The third-order valence-electron chi connectivity index (χ3n) is 3.51. The molecule has 0 heterocycles. The van der Waals surface area contributed by atoms with E-state index in [1.165, 1.54) is 38.5 Å². The predicted molar refractivity (Wildman–Crippen MR) is 90.0 cm³/mol. The molecule has 0 bridgehead atoms. The average molecular weight is 287 g/mol. The Morgan fingerprint density at radius 1 is 0.600 bits per heavy atom. The molecule has 0 aliphatic rings. The van der Waals surface area contributed by atoms with Crippen molar-refractivity contribution < 1.29 is 0 Å². The lowest BCUT2D eigenvalue weighted by Crippen LogP contribution is -2.24. The van der Waals surface area contributed by atoms with Crippen molar-refractivity contribution >= 4 is 0 Å². The zero-order valence-corrected chi connectivity index (χ0v) is 13.8. The Hall–Kier alpha value is -0.160. The topological polar surface area (TPSA) is 76.1 Å². The zero-order valence-electron chi connectivity index (χ0n) is 13.8. The van der Waals surface area contributed by atoms with Gasteiger partial charge in [-0.25, -0.2) is 0 Å². The Morgan fingerprint density at radius 3 is 1.30 bits per heavy atom. The molecule has 4 nitrogen and oxygen atoms in total. The molecule has 0 spiro atoms. The fourth-order valence-corrected chi connectivity index (χ4v) is 2.12. The Kier molecular flexibility index (Phi) is 15.1. The summed E-state index contributed by atoms with van der Waals surface area (Å²) < 4.78 is 0. The summed E-state index contributed by atoms with van der Waals surface area (Å²) in [5, 5.41) is 6.90. The van der Waals surface area contributed by atoms with Crippen LogP contribution in [0.2, 0.25) is 0 Å². The van der Waals surface area contributed by atoms with E-state index in [1.807, 2.05) is 0 Å². The standard InChI is InChI=1S/C16H38N4/c1-15(17)9-13-19-11-7-5-3-4-6-8-12-20-14-10-16(2)18/h15-16,19-20H,3-14,17-18H2,1-2H3/t15-,16+. The van der Waals surface area contributed by atoms with Gasteiger partial charge < -0.3 is 22.1 Å². The summed E-state index contributed by atoms with van der Waals surface area (Å²) in [5.41, 5.74) is 11.4. The predicted octanol–water partition coefficient (Wildman–Crippen LogP) is 1.98. The van der Waals surface area contributed by atoms with Crippen molar-refractivity contribution in [3.63, 3.8) is 0 Å². The molecule has 0 radical (unpaired) electrons. The van der Waals surface area contributed by atoms with E-state index < -0.39 is 0 Å². The van der Waals surface area contributed by atoms with Crippen LogP contribution in [0.5, 0.6) is 0 Å². The van der Waals surface area contributed by atoms with Gasteiger partial charge in [-0.2, -0.15) is 0 Å². The molecule has 2 atom stereocenters. The quantitative estimate of drug-likeness (QED) is 0.347. The molecular weight excluding hydrogens is 248 g/mol. The molecule has 0 saturated heterocycles. The van der Waals surface area contributed by atoms with Crippen LogP contribution in [-0.4, -0.2) is 38.3 Å². The molecule has 0 saturated carbocycles. The van der Waals surface area contributed by atoms with Gasteiger partial charge in [0.15, 0.2) is 0 Å². The van der Waals surface area contributed by atoms with Gasteiger partial charge in [0.1, 0.15) is 0 Å². The van der Waals surface area contributed by atoms with Crippen molar-refractivity contribution in [1.29, 1.82) is 0 Å². The Morgan fingerprint density at radius 2 is 0.950 bits per heavy atom. The first-order valence-corrected chi connectivity index (χ1v) is 8.55. The van der Waals surface area contributed by atoms with E-state index in [4.69, 9.17) is 11.5 Å². The van der Waals surface area contributed by atoms with Crippen LogP contribution in [0.15, 0.2) is 0 Å². The van der Waals surface area contributed by atoms with Crippen molar-refractivity contribution in [1.82, 2.24) is 10.6 Å². The Balaban J connectivity index is 2.96. The van der Waals surface area contributed by atoms with E-state index in [0.717, 1.165) is 39.0 Å². The SMILES string of the molecule is C[C@H](N)CCNCCCCCCCCNCC[C@@H](C)N. The van der Waals surface area contributed by atoms with E-state index in [1.54, 1.807) is 0 Å². The fraction of sp³-hybridized carbons (Fsp3) is 1.00. The van der Waals surface area contributed by atoms with Crippen LogP contribution >= 0.6 is 0 Å². The van der Waals surface area contributed by atoms with E-state index in [2.05, 4.69) is 24.5 Å². The van der Waals surface area contributed by atoms with E-state index in [0.29, 0.717) is 12.1 Å². The molecule has 0 aliphatic heterocycles. The number of unbranched alkanes of at least 4 members (excludes halogenated alkanes) is 5. The smallest absolute Gasteiger partial charge is 0.00225 e. The van der Waals surface area contributed by atoms with Gasteiger partial charge in [-0.3, -0.25) is 0 Å². The molecule has 0 aromatic heterocycles. The largest absolute Gasteiger partial charge is 0.328 e. The lowest BCUT2D eigenvalue weighted by atomic mass is 10.1. The van der Waals surface area contributed by atoms with Crippen LogP contribution in [0.25, 0.3) is 0 Å². The molecule has 0 fully saturated rings. The number of hydrogen-bond acceptors (Lipinski definition) is 4. The maximum Gasteiger partial charge on any atom is 0.00225 e. The summed E-state index contributed by atoms with van der Waals surface area (Å²) in [4.78, 5) is 0. The highest BCUT2D eigenvalue weighted by Gasteiger charge is 1.95. The maximum atomic E-state index is 5.70. The third kappa shape index (κ3) is 17.8. The molecule has 0 amide bonds. The summed E-state index contributed by atoms with van der Waals surface area (Å²) in [7, 11) is 0. The highest BCUT2D eigenvalue weighted by atomic mass is 14.9. The van der Waals surface area contributed by atoms with E-state index in [9.17, 15) is 0 Å². The van der Waals surface area contributed by atoms with Crippen LogP contribution < -0.4 is 22.1 Å². The second-order valence-corrected chi connectivity index (χ2v) is 6.15. The van der Waals surface area contributed by atoms with Crippen LogP contribution in [0, 0.1) is 0 Å². The minimum Gasteiger partial charge on any atom is -0.328 e. The second-order valence-electron chi connectivity index (χ2n) is 6.15. The molecule has 4 heteroatoms. The summed E-state index contributed by atoms with van der Waals surface area (Å²) in [6.07, 6.45) is 10.2. The van der Waals surface area contributed by atoms with E-state index in [-0.39, 0.29) is 0 Å². The summed E-state index contributed by atoms with van der Waals surface area (Å²) >= 11 is 0. The molecule has 122 valence electrons. The first kappa shape index (κ1) is 19.8. The third-order valence-corrected chi connectivity index (χ3v) is 3.51. The molecule has 0 unspecified atom stereocenters. The van der Waals surface area contributed by atoms with Crippen LogP contribution in [-0.2, 0) is 0 Å². The second kappa shape index (κ2) is 15.2. The van der Waals surface area contributed by atoms with Gasteiger partial charge in [0.05, 0.1) is 0 Å². The summed E-state index contributed by atoms with van der Waals surface area (Å²) in [6, 6.07) is 0.647. The lowest BCUT2D eigenvalue weighted by Gasteiger charge is -2.07. The lowest BCUT2D eigenvalue weighted by molar-refractivity contribution is 0.529. The normalized spacial score (nSPS) is 14.4. The molecule has 6 N–H and O–H groups in total. The maximum absolute atomic E-state index is 5.70. The molecule has 0 rings (SSSR count). The van der Waals surface area contributed by atoms with Gasteiger partial charge >= 0.3 is 0 Å². The molecule has 20 heavy (non-hydrogen) atoms. The minimum absolute atomic E-state index is 0.323. The van der Waals surface area contributed by atoms with Gasteiger partial charge in [-0.1, -0.05) is 25.7 Å². The van der Waals surface area contributed by atoms with Crippen molar-refractivity contribution in [2.75, 3.05) is 26.2 Å². The van der Waals surface area contributed by atoms with Crippen molar-refractivity contribution in [3.8, 4) is 0 Å². The number of nitrogens with one attached hydrogen (secondary N) is 2. The van der Waals surface area contributed by atoms with E-state index >= 15 is 0 Å². The highest BCUT2D eigenvalue weighted by Crippen LogP contribution is 2.04. The summed E-state index contributed by atoms with van der Waals surface area (Å²) in [5.74, 6) is 0. The number of hydrogen-bond donors (Lipinski definition) is 4. The van der Waals surface area contributed by atoms with Gasteiger partial charge in [0, 0.05) is 12.1 Å². The van der Waals surface area contributed by atoms with Crippen LogP contribution in [0.3, 0.4) is 0 Å². The van der Waals surface area contributed by atoms with Crippen molar-refractivity contribution in [2.24, 2.45) is 11.5 Å². The first-order chi connectivity index (χ1) is 9.63. The molecule has 0 aromatic carbocycles. The molecule has 0 aliphatic carbocycles. The van der Waals surface area contributed by atoms with Crippen LogP contribution in [0.1, 0.15) is 65.2 Å². The van der Waals surface area contributed by atoms with Gasteiger partial charge in [-0.05, 0) is 65.7 Å². The Bertz CT molecular complexity index is 163. The van der Waals surface area contributed by atoms with Gasteiger partial charge in [0.25, 0.3) is 0 Å². The van der Waals surface area contributed by atoms with Crippen molar-refractivity contribution in [3.05, 3.63) is 0 Å². The first-order valence-electron chi connectivity index (χ1n) is 8.55. The number of nitrogens with two attached hydrogens (primary N) is 2. The number of rotatable bonds is 15. The minimum atomic E-state index is 0.323. The molecular formula is C16H38N4.